The molecule has 1 aromatic carbocycles. The molecule has 18 heavy (non-hydrogen) atoms. The van der Waals surface area contributed by atoms with Crippen molar-refractivity contribution in [1.82, 2.24) is 0 Å². The van der Waals surface area contributed by atoms with Crippen molar-refractivity contribution in [2.24, 2.45) is 0 Å². The summed E-state index contributed by atoms with van der Waals surface area (Å²) in [6, 6.07) is 5.05. The lowest BCUT2D eigenvalue weighted by Crippen LogP contribution is -2.09. The maximum Gasteiger partial charge on any atom is 0.298 e. The fourth-order valence-electron chi connectivity index (χ4n) is 1.57. The van der Waals surface area contributed by atoms with Gasteiger partial charge in [0.1, 0.15) is 18.8 Å². The Morgan fingerprint density at radius 2 is 2.17 bits per heavy atom. The number of benzene rings is 1. The van der Waals surface area contributed by atoms with Crippen LogP contribution in [0.25, 0.3) is 0 Å². The molecule has 1 aliphatic heterocycles. The Hall–Kier alpha value is -1.46. The summed E-state index contributed by atoms with van der Waals surface area (Å²) in [5, 5.41) is 0. The minimum Gasteiger partial charge on any atom is -0.493 e. The molecule has 0 aliphatic carbocycles. The van der Waals surface area contributed by atoms with E-state index in [0.29, 0.717) is 36.2 Å². The van der Waals surface area contributed by atoms with Crippen LogP contribution in [0, 0.1) is 0 Å². The van der Waals surface area contributed by atoms with E-state index in [4.69, 9.17) is 30.5 Å². The Morgan fingerprint density at radius 3 is 2.78 bits per heavy atom. The molecule has 0 saturated carbocycles. The first-order valence-corrected chi connectivity index (χ1v) is 5.95. The Balaban J connectivity index is 2.06. The van der Waals surface area contributed by atoms with Crippen molar-refractivity contribution >= 4 is 18.1 Å². The Kier molecular flexibility index (Phi) is 4.28. The van der Waals surface area contributed by atoms with Crippen LogP contribution in [0.2, 0.25) is 0 Å². The fraction of sp³-hybridized carbons (Fsp3) is 0.417. The van der Waals surface area contributed by atoms with Crippen LogP contribution < -0.4 is 14.2 Å². The van der Waals surface area contributed by atoms with Crippen molar-refractivity contribution in [1.29, 1.82) is 0 Å². The van der Waals surface area contributed by atoms with Gasteiger partial charge in [0.15, 0.2) is 11.5 Å². The third-order valence-electron chi connectivity index (χ3n) is 2.57. The van der Waals surface area contributed by atoms with Gasteiger partial charge in [0.2, 0.25) is 5.75 Å². The van der Waals surface area contributed by atoms with Crippen LogP contribution in [0.15, 0.2) is 18.2 Å². The smallest absolute Gasteiger partial charge is 0.298 e. The van der Waals surface area contributed by atoms with Crippen molar-refractivity contribution in [3.05, 3.63) is 18.2 Å². The van der Waals surface area contributed by atoms with E-state index in [0.717, 1.165) is 0 Å². The van der Waals surface area contributed by atoms with Crippen LogP contribution in [-0.4, -0.2) is 38.3 Å². The third kappa shape index (κ3) is 2.86. The summed E-state index contributed by atoms with van der Waals surface area (Å²) in [4.78, 5) is 10.4. The number of rotatable bonds is 7. The van der Waals surface area contributed by atoms with Gasteiger partial charge < -0.3 is 18.9 Å². The highest BCUT2D eigenvalue weighted by atomic mass is 35.5. The first-order valence-electron chi connectivity index (χ1n) is 5.41. The summed E-state index contributed by atoms with van der Waals surface area (Å²) in [6.45, 7) is 0.684. The van der Waals surface area contributed by atoms with Crippen molar-refractivity contribution in [2.45, 2.75) is 12.2 Å². The maximum absolute atomic E-state index is 10.4. The highest BCUT2D eigenvalue weighted by molar-refractivity contribution is 6.18. The molecule has 0 bridgehead atoms. The van der Waals surface area contributed by atoms with E-state index in [1.807, 2.05) is 0 Å². The molecule has 0 N–H and O–H groups in total. The highest BCUT2D eigenvalue weighted by Gasteiger charge is 2.38. The van der Waals surface area contributed by atoms with Gasteiger partial charge in [-0.15, -0.1) is 11.6 Å². The fourth-order valence-corrected chi connectivity index (χ4v) is 1.84. The Bertz CT molecular complexity index is 423. The monoisotopic (exact) mass is 272 g/mol. The maximum atomic E-state index is 10.4. The topological polar surface area (TPSA) is 57.3 Å². The molecular weight excluding hydrogens is 260 g/mol. The molecule has 2 unspecified atom stereocenters. The molecule has 1 aliphatic rings. The van der Waals surface area contributed by atoms with Gasteiger partial charge in [-0.1, -0.05) is 6.07 Å². The summed E-state index contributed by atoms with van der Waals surface area (Å²) in [7, 11) is 1.52. The normalized spacial score (nSPS) is 21.2. The zero-order valence-electron chi connectivity index (χ0n) is 9.80. The zero-order chi connectivity index (χ0) is 13.0. The number of halogens is 1. The van der Waals surface area contributed by atoms with Crippen LogP contribution in [0.3, 0.4) is 0 Å². The first kappa shape index (κ1) is 13.0. The van der Waals surface area contributed by atoms with Gasteiger partial charge in [0.25, 0.3) is 6.47 Å². The number of hydrogen-bond acceptors (Lipinski definition) is 5. The standard InChI is InChI=1S/C12H13ClO5/c1-15-8-3-2-4-9(17-7-14)12(8)16-6-11-10(5-13)18-11/h2-4,7,10-11H,5-6H2,1H3. The van der Waals surface area contributed by atoms with Gasteiger partial charge in [0, 0.05) is 0 Å². The lowest BCUT2D eigenvalue weighted by molar-refractivity contribution is -0.120. The average Bonchev–Trinajstić information content (AvgIpc) is 3.16. The van der Waals surface area contributed by atoms with Crippen LogP contribution >= 0.6 is 11.6 Å². The molecule has 0 aromatic heterocycles. The van der Waals surface area contributed by atoms with Crippen molar-refractivity contribution in [2.75, 3.05) is 19.6 Å². The molecule has 6 heteroatoms. The summed E-state index contributed by atoms with van der Waals surface area (Å²) < 4.78 is 20.8. The lowest BCUT2D eigenvalue weighted by Gasteiger charge is -2.12. The number of epoxide rings is 1. The number of hydrogen-bond donors (Lipinski definition) is 0. The molecule has 0 radical (unpaired) electrons. The number of carbonyl (C=O) groups excluding carboxylic acids is 1. The van der Waals surface area contributed by atoms with Crippen molar-refractivity contribution in [3.63, 3.8) is 0 Å². The molecule has 5 nitrogen and oxygen atoms in total. The van der Waals surface area contributed by atoms with Gasteiger partial charge >= 0.3 is 0 Å². The second-order valence-corrected chi connectivity index (χ2v) is 3.99. The highest BCUT2D eigenvalue weighted by Crippen LogP contribution is 2.37. The molecule has 2 atom stereocenters. The molecule has 0 spiro atoms. The molecule has 0 amide bonds. The van der Waals surface area contributed by atoms with Crippen LogP contribution in [0.4, 0.5) is 0 Å². The summed E-state index contributed by atoms with van der Waals surface area (Å²) in [6.07, 6.45) is 0.0216. The van der Waals surface area contributed by atoms with Crippen LogP contribution in [-0.2, 0) is 9.53 Å². The van der Waals surface area contributed by atoms with Crippen molar-refractivity contribution in [3.8, 4) is 17.2 Å². The van der Waals surface area contributed by atoms with E-state index in [1.54, 1.807) is 18.2 Å². The van der Waals surface area contributed by atoms with E-state index in [-0.39, 0.29) is 12.2 Å². The summed E-state index contributed by atoms with van der Waals surface area (Å²) in [5.74, 6) is 1.64. The van der Waals surface area contributed by atoms with E-state index in [2.05, 4.69) is 0 Å². The predicted octanol–water partition coefficient (Wildman–Crippen LogP) is 1.62. The molecule has 98 valence electrons. The predicted molar refractivity (Wildman–Crippen MR) is 64.6 cm³/mol. The Morgan fingerprint density at radius 1 is 1.39 bits per heavy atom. The van der Waals surface area contributed by atoms with Gasteiger partial charge in [-0.25, -0.2) is 0 Å². The van der Waals surface area contributed by atoms with Gasteiger partial charge in [-0.05, 0) is 12.1 Å². The quantitative estimate of drug-likeness (QED) is 0.429. The van der Waals surface area contributed by atoms with Gasteiger partial charge in [-0.3, -0.25) is 4.79 Å². The van der Waals surface area contributed by atoms with E-state index >= 15 is 0 Å². The van der Waals surface area contributed by atoms with E-state index in [9.17, 15) is 4.79 Å². The van der Waals surface area contributed by atoms with Crippen molar-refractivity contribution < 1.29 is 23.7 Å². The second kappa shape index (κ2) is 5.93. The first-order chi connectivity index (χ1) is 8.80. The third-order valence-corrected chi connectivity index (χ3v) is 2.87. The largest absolute Gasteiger partial charge is 0.493 e. The lowest BCUT2D eigenvalue weighted by atomic mass is 10.3. The van der Waals surface area contributed by atoms with Crippen LogP contribution in [0.5, 0.6) is 17.2 Å². The zero-order valence-corrected chi connectivity index (χ0v) is 10.6. The summed E-state index contributed by atoms with van der Waals surface area (Å²) >= 11 is 5.64. The Labute approximate surface area is 110 Å². The number of methoxy groups -OCH3 is 1. The molecule has 1 fully saturated rings. The summed E-state index contributed by atoms with van der Waals surface area (Å²) in [5.41, 5.74) is 0. The number of alkyl halides is 1. The van der Waals surface area contributed by atoms with E-state index < -0.39 is 0 Å². The van der Waals surface area contributed by atoms with Crippen LogP contribution in [0.1, 0.15) is 0 Å². The number of carbonyl (C=O) groups is 1. The molecule has 1 heterocycles. The molecular formula is C12H13ClO5. The minimum atomic E-state index is -0.0171. The molecule has 1 aromatic rings. The number of ether oxygens (including phenoxy) is 4. The van der Waals surface area contributed by atoms with E-state index in [1.165, 1.54) is 7.11 Å². The van der Waals surface area contributed by atoms with Gasteiger partial charge in [0.05, 0.1) is 13.0 Å². The minimum absolute atomic E-state index is 0.0171. The molecule has 1 saturated heterocycles. The molecule has 2 rings (SSSR count). The number of para-hydroxylation sites is 1. The second-order valence-electron chi connectivity index (χ2n) is 3.68. The van der Waals surface area contributed by atoms with Gasteiger partial charge in [-0.2, -0.15) is 0 Å². The average molecular weight is 273 g/mol. The SMILES string of the molecule is COc1cccc(OC=O)c1OCC1OC1CCl.